The van der Waals surface area contributed by atoms with Gasteiger partial charge in [0.2, 0.25) is 0 Å². The molecule has 0 bridgehead atoms. The molecule has 1 heterocycles. The summed E-state index contributed by atoms with van der Waals surface area (Å²) in [4.78, 5) is 2.52. The van der Waals surface area contributed by atoms with Crippen LogP contribution >= 0.6 is 0 Å². The Morgan fingerprint density at radius 2 is 1.88 bits per heavy atom. The molecule has 0 unspecified atom stereocenters. The summed E-state index contributed by atoms with van der Waals surface area (Å²) in [5, 5.41) is 0. The molecule has 1 aliphatic heterocycles. The van der Waals surface area contributed by atoms with E-state index in [-0.39, 0.29) is 5.54 Å². The number of hydrogen-bond acceptors (Lipinski definition) is 1. The summed E-state index contributed by atoms with van der Waals surface area (Å²) in [6, 6.07) is 10.3. The van der Waals surface area contributed by atoms with E-state index in [1.165, 1.54) is 19.3 Å². The van der Waals surface area contributed by atoms with E-state index < -0.39 is 0 Å². The second kappa shape index (κ2) is 4.98. The molecule has 2 heteroatoms. The SMILES string of the molecule is CC(C)(C)N1CCCB1C#Cc1ccccc1. The molecule has 0 amide bonds. The Bertz CT molecular complexity index is 422. The van der Waals surface area contributed by atoms with Crippen molar-refractivity contribution in [2.45, 2.75) is 39.1 Å². The minimum atomic E-state index is 0.229. The molecular formula is C15H20BN. The Labute approximate surface area is 105 Å². The van der Waals surface area contributed by atoms with Gasteiger partial charge in [0.25, 0.3) is 0 Å². The monoisotopic (exact) mass is 225 g/mol. The van der Waals surface area contributed by atoms with Gasteiger partial charge in [-0.1, -0.05) is 24.1 Å². The molecule has 17 heavy (non-hydrogen) atoms. The second-order valence-electron chi connectivity index (χ2n) is 5.66. The molecule has 0 aromatic heterocycles. The maximum absolute atomic E-state index is 3.43. The molecule has 0 N–H and O–H groups in total. The zero-order chi connectivity index (χ0) is 12.3. The highest BCUT2D eigenvalue weighted by Crippen LogP contribution is 2.24. The Morgan fingerprint density at radius 3 is 2.53 bits per heavy atom. The normalized spacial score (nSPS) is 16.8. The average Bonchev–Trinajstić information content (AvgIpc) is 2.75. The molecule has 1 aliphatic rings. The van der Waals surface area contributed by atoms with Crippen LogP contribution in [0.2, 0.25) is 6.32 Å². The van der Waals surface area contributed by atoms with Crippen LogP contribution in [-0.2, 0) is 0 Å². The molecule has 1 fully saturated rings. The standard InChI is InChI=1S/C15H20BN/c1-15(2,3)17-13-7-11-16(17)12-10-14-8-5-4-6-9-14/h4-6,8-9H,7,11,13H2,1-3H3. The van der Waals surface area contributed by atoms with Gasteiger partial charge < -0.3 is 4.81 Å². The molecule has 0 spiro atoms. The zero-order valence-corrected chi connectivity index (χ0v) is 11.0. The minimum absolute atomic E-state index is 0.229. The lowest BCUT2D eigenvalue weighted by atomic mass is 9.59. The molecule has 0 radical (unpaired) electrons. The summed E-state index contributed by atoms with van der Waals surface area (Å²) < 4.78 is 0. The van der Waals surface area contributed by atoms with Crippen LogP contribution < -0.4 is 0 Å². The van der Waals surface area contributed by atoms with E-state index >= 15 is 0 Å². The van der Waals surface area contributed by atoms with Gasteiger partial charge >= 0.3 is 6.85 Å². The highest BCUT2D eigenvalue weighted by molar-refractivity contribution is 6.65. The largest absolute Gasteiger partial charge is 0.326 e. The lowest BCUT2D eigenvalue weighted by molar-refractivity contribution is 0.268. The number of rotatable bonds is 0. The fraction of sp³-hybridized carbons (Fsp3) is 0.467. The summed E-state index contributed by atoms with van der Waals surface area (Å²) in [7, 11) is 0. The predicted molar refractivity (Wildman–Crippen MR) is 75.0 cm³/mol. The van der Waals surface area contributed by atoms with Crippen molar-refractivity contribution in [3.05, 3.63) is 35.9 Å². The van der Waals surface area contributed by atoms with Crippen molar-refractivity contribution in [2.75, 3.05) is 6.54 Å². The van der Waals surface area contributed by atoms with Gasteiger partial charge in [0.15, 0.2) is 0 Å². The van der Waals surface area contributed by atoms with Crippen LogP contribution in [0.4, 0.5) is 0 Å². The quantitative estimate of drug-likeness (QED) is 0.484. The topological polar surface area (TPSA) is 3.24 Å². The zero-order valence-electron chi connectivity index (χ0n) is 11.0. The van der Waals surface area contributed by atoms with Crippen molar-refractivity contribution >= 4 is 6.85 Å². The summed E-state index contributed by atoms with van der Waals surface area (Å²) in [5.74, 6) is 6.73. The number of nitrogens with zero attached hydrogens (tertiary/aromatic N) is 1. The fourth-order valence-electron chi connectivity index (χ4n) is 2.41. The lowest BCUT2D eigenvalue weighted by Crippen LogP contribution is -2.46. The van der Waals surface area contributed by atoms with Crippen LogP contribution in [0.1, 0.15) is 32.8 Å². The molecule has 1 saturated heterocycles. The Hall–Kier alpha value is -1.20. The van der Waals surface area contributed by atoms with Crippen LogP contribution in [-0.4, -0.2) is 23.7 Å². The smallest absolute Gasteiger partial charge is 0.312 e. The van der Waals surface area contributed by atoms with Gasteiger partial charge in [0, 0.05) is 11.1 Å². The maximum atomic E-state index is 3.43. The van der Waals surface area contributed by atoms with Gasteiger partial charge in [0.05, 0.1) is 0 Å². The van der Waals surface area contributed by atoms with Crippen molar-refractivity contribution in [2.24, 2.45) is 0 Å². The lowest BCUT2D eigenvalue weighted by Gasteiger charge is -2.33. The van der Waals surface area contributed by atoms with Crippen molar-refractivity contribution in [1.29, 1.82) is 0 Å². The first-order chi connectivity index (χ1) is 8.07. The summed E-state index contributed by atoms with van der Waals surface area (Å²) in [6.45, 7) is 8.42. The first-order valence-corrected chi connectivity index (χ1v) is 6.41. The van der Waals surface area contributed by atoms with Crippen molar-refractivity contribution in [3.8, 4) is 11.7 Å². The summed E-state index contributed by atoms with van der Waals surface area (Å²) in [6.07, 6.45) is 2.47. The van der Waals surface area contributed by atoms with Crippen molar-refractivity contribution < 1.29 is 0 Å². The van der Waals surface area contributed by atoms with Gasteiger partial charge in [0.1, 0.15) is 0 Å². The van der Waals surface area contributed by atoms with Crippen LogP contribution in [0, 0.1) is 11.7 Å². The third kappa shape index (κ3) is 3.14. The van der Waals surface area contributed by atoms with Crippen LogP contribution in [0.25, 0.3) is 0 Å². The molecule has 0 aliphatic carbocycles. The first-order valence-electron chi connectivity index (χ1n) is 6.41. The van der Waals surface area contributed by atoms with E-state index in [1.807, 2.05) is 18.2 Å². The van der Waals surface area contributed by atoms with Gasteiger partial charge in [-0.25, -0.2) is 0 Å². The molecular weight excluding hydrogens is 205 g/mol. The van der Waals surface area contributed by atoms with E-state index in [2.05, 4.69) is 49.5 Å². The maximum Gasteiger partial charge on any atom is 0.312 e. The first kappa shape index (κ1) is 12.3. The third-order valence-corrected chi connectivity index (χ3v) is 3.27. The Morgan fingerprint density at radius 1 is 1.18 bits per heavy atom. The second-order valence-corrected chi connectivity index (χ2v) is 5.66. The highest BCUT2D eigenvalue weighted by atomic mass is 15.1. The number of benzene rings is 1. The van der Waals surface area contributed by atoms with Crippen molar-refractivity contribution in [1.82, 2.24) is 4.81 Å². The van der Waals surface area contributed by atoms with Crippen LogP contribution in [0.15, 0.2) is 30.3 Å². The third-order valence-electron chi connectivity index (χ3n) is 3.27. The molecule has 2 rings (SSSR count). The summed E-state index contributed by atoms with van der Waals surface area (Å²) in [5.41, 5.74) is 1.35. The fourth-order valence-corrected chi connectivity index (χ4v) is 2.41. The van der Waals surface area contributed by atoms with Gasteiger partial charge in [-0.15, -0.1) is 5.82 Å². The highest BCUT2D eigenvalue weighted by Gasteiger charge is 2.34. The molecule has 1 aromatic carbocycles. The van der Waals surface area contributed by atoms with Gasteiger partial charge in [-0.05, 0) is 52.2 Å². The van der Waals surface area contributed by atoms with E-state index in [0.29, 0.717) is 6.85 Å². The van der Waals surface area contributed by atoms with Crippen molar-refractivity contribution in [3.63, 3.8) is 0 Å². The number of hydrogen-bond donors (Lipinski definition) is 0. The summed E-state index contributed by atoms with van der Waals surface area (Å²) >= 11 is 0. The Kier molecular flexibility index (Phi) is 3.59. The van der Waals surface area contributed by atoms with Crippen LogP contribution in [0.5, 0.6) is 0 Å². The molecule has 1 nitrogen and oxygen atoms in total. The van der Waals surface area contributed by atoms with E-state index in [9.17, 15) is 0 Å². The molecule has 1 aromatic rings. The molecule has 0 saturated carbocycles. The van der Waals surface area contributed by atoms with E-state index in [1.54, 1.807) is 0 Å². The van der Waals surface area contributed by atoms with Crippen LogP contribution in [0.3, 0.4) is 0 Å². The predicted octanol–water partition coefficient (Wildman–Crippen LogP) is 3.07. The molecule has 0 atom stereocenters. The average molecular weight is 225 g/mol. The van der Waals surface area contributed by atoms with E-state index in [4.69, 9.17) is 0 Å². The Balaban J connectivity index is 2.11. The molecule has 88 valence electrons. The minimum Gasteiger partial charge on any atom is -0.326 e. The van der Waals surface area contributed by atoms with Gasteiger partial charge in [-0.3, -0.25) is 0 Å². The van der Waals surface area contributed by atoms with Gasteiger partial charge in [-0.2, -0.15) is 0 Å². The van der Waals surface area contributed by atoms with E-state index in [0.717, 1.165) is 5.56 Å².